The summed E-state index contributed by atoms with van der Waals surface area (Å²) in [5, 5.41) is 3.04. The monoisotopic (exact) mass is 311 g/mol. The maximum absolute atomic E-state index is 14.1. The molecule has 118 valence electrons. The quantitative estimate of drug-likeness (QED) is 0.760. The van der Waals surface area contributed by atoms with Crippen molar-refractivity contribution < 1.29 is 4.39 Å². The Balaban J connectivity index is 1.69. The van der Waals surface area contributed by atoms with E-state index in [1.54, 1.807) is 12.5 Å². The van der Waals surface area contributed by atoms with Crippen molar-refractivity contribution in [1.82, 2.24) is 19.5 Å². The third kappa shape index (κ3) is 3.71. The van der Waals surface area contributed by atoms with Crippen LogP contribution in [0.4, 0.5) is 10.2 Å². The van der Waals surface area contributed by atoms with Gasteiger partial charge < -0.3 is 9.88 Å². The van der Waals surface area contributed by atoms with E-state index in [1.807, 2.05) is 29.8 Å². The largest absolute Gasteiger partial charge is 0.363 e. The molecule has 0 bridgehead atoms. The number of hydrogen-bond donors (Lipinski definition) is 1. The molecule has 2 heterocycles. The van der Waals surface area contributed by atoms with Crippen LogP contribution in [-0.4, -0.2) is 19.5 Å². The van der Waals surface area contributed by atoms with Gasteiger partial charge in [-0.3, -0.25) is 0 Å². The van der Waals surface area contributed by atoms with Crippen molar-refractivity contribution in [3.05, 3.63) is 72.0 Å². The number of aryl methyl sites for hydroxylation is 1. The second-order valence-electron chi connectivity index (χ2n) is 5.25. The van der Waals surface area contributed by atoms with Crippen molar-refractivity contribution in [1.29, 1.82) is 0 Å². The van der Waals surface area contributed by atoms with Crippen molar-refractivity contribution >= 4 is 5.82 Å². The first-order valence-electron chi connectivity index (χ1n) is 7.53. The van der Waals surface area contributed by atoms with E-state index in [0.29, 0.717) is 18.7 Å². The van der Waals surface area contributed by atoms with Crippen LogP contribution in [0, 0.1) is 5.82 Å². The van der Waals surface area contributed by atoms with Gasteiger partial charge in [0.2, 0.25) is 0 Å². The second-order valence-corrected chi connectivity index (χ2v) is 5.25. The van der Waals surface area contributed by atoms with Gasteiger partial charge in [-0.1, -0.05) is 31.2 Å². The summed E-state index contributed by atoms with van der Waals surface area (Å²) in [6, 6.07) is 8.15. The van der Waals surface area contributed by atoms with Crippen LogP contribution in [0.15, 0.2) is 49.3 Å². The number of halogens is 1. The van der Waals surface area contributed by atoms with Crippen LogP contribution in [0.25, 0.3) is 0 Å². The van der Waals surface area contributed by atoms with Gasteiger partial charge in [-0.25, -0.2) is 19.3 Å². The number of aromatic nitrogens is 4. The van der Waals surface area contributed by atoms with Gasteiger partial charge in [0.1, 0.15) is 6.33 Å². The molecule has 0 unspecified atom stereocenters. The highest BCUT2D eigenvalue weighted by Crippen LogP contribution is 2.15. The maximum atomic E-state index is 14.1. The van der Waals surface area contributed by atoms with Crippen LogP contribution in [-0.2, 0) is 19.5 Å². The zero-order valence-corrected chi connectivity index (χ0v) is 12.9. The van der Waals surface area contributed by atoms with Crippen LogP contribution in [0.3, 0.4) is 0 Å². The number of anilines is 1. The Morgan fingerprint density at radius 1 is 1.22 bits per heavy atom. The van der Waals surface area contributed by atoms with Gasteiger partial charge in [0, 0.05) is 25.5 Å². The Morgan fingerprint density at radius 3 is 2.87 bits per heavy atom. The third-order valence-electron chi connectivity index (χ3n) is 3.57. The van der Waals surface area contributed by atoms with Crippen LogP contribution in [0.1, 0.15) is 23.7 Å². The van der Waals surface area contributed by atoms with E-state index < -0.39 is 0 Å². The normalized spacial score (nSPS) is 10.7. The summed E-state index contributed by atoms with van der Waals surface area (Å²) in [4.78, 5) is 11.9. The lowest BCUT2D eigenvalue weighted by Crippen LogP contribution is -2.07. The summed E-state index contributed by atoms with van der Waals surface area (Å²) in [7, 11) is 0. The molecule has 0 saturated heterocycles. The number of hydrogen-bond acceptors (Lipinski definition) is 4. The first kappa shape index (κ1) is 15.1. The minimum Gasteiger partial charge on any atom is -0.363 e. The number of benzene rings is 1. The van der Waals surface area contributed by atoms with E-state index >= 15 is 0 Å². The third-order valence-corrected chi connectivity index (χ3v) is 3.57. The van der Waals surface area contributed by atoms with E-state index in [2.05, 4.69) is 32.4 Å². The number of imidazole rings is 1. The Kier molecular flexibility index (Phi) is 4.61. The Hall–Kier alpha value is -2.76. The van der Waals surface area contributed by atoms with Gasteiger partial charge in [0.05, 0.1) is 12.0 Å². The summed E-state index contributed by atoms with van der Waals surface area (Å²) in [5.74, 6) is -0.124. The van der Waals surface area contributed by atoms with Gasteiger partial charge in [-0.15, -0.1) is 0 Å². The predicted molar refractivity (Wildman–Crippen MR) is 86.5 cm³/mol. The average Bonchev–Trinajstić information content (AvgIpc) is 3.07. The molecule has 0 aliphatic carbocycles. The molecule has 0 aliphatic heterocycles. The van der Waals surface area contributed by atoms with Gasteiger partial charge in [0.15, 0.2) is 11.6 Å². The first-order chi connectivity index (χ1) is 11.3. The van der Waals surface area contributed by atoms with E-state index in [9.17, 15) is 4.39 Å². The van der Waals surface area contributed by atoms with Gasteiger partial charge in [-0.2, -0.15) is 0 Å². The lowest BCUT2D eigenvalue weighted by molar-refractivity contribution is 0.596. The van der Waals surface area contributed by atoms with E-state index in [-0.39, 0.29) is 11.6 Å². The van der Waals surface area contributed by atoms with Crippen molar-refractivity contribution in [2.45, 2.75) is 26.4 Å². The molecule has 2 aromatic heterocycles. The molecule has 1 aromatic carbocycles. The summed E-state index contributed by atoms with van der Waals surface area (Å²) >= 11 is 0. The number of nitrogens with one attached hydrogen (secondary N) is 1. The maximum Gasteiger partial charge on any atom is 0.186 e. The smallest absolute Gasteiger partial charge is 0.186 e. The minimum absolute atomic E-state index is 0.247. The zero-order chi connectivity index (χ0) is 16.1. The molecule has 5 nitrogen and oxygen atoms in total. The number of nitrogens with zero attached hydrogens (tertiary/aromatic N) is 4. The number of rotatable bonds is 6. The van der Waals surface area contributed by atoms with E-state index in [0.717, 1.165) is 12.1 Å². The highest BCUT2D eigenvalue weighted by Gasteiger charge is 2.09. The fourth-order valence-corrected chi connectivity index (χ4v) is 2.39. The lowest BCUT2D eigenvalue weighted by Gasteiger charge is -2.10. The molecule has 3 rings (SSSR count). The zero-order valence-electron chi connectivity index (χ0n) is 12.9. The SMILES string of the molecule is CCc1ncnc(NCc2cccc(Cn3ccnc3)c2)c1F. The minimum atomic E-state index is -0.371. The fourth-order valence-electron chi connectivity index (χ4n) is 2.39. The first-order valence-corrected chi connectivity index (χ1v) is 7.53. The average molecular weight is 311 g/mol. The molecule has 6 heteroatoms. The molecule has 1 N–H and O–H groups in total. The highest BCUT2D eigenvalue weighted by molar-refractivity contribution is 5.38. The van der Waals surface area contributed by atoms with Crippen LogP contribution >= 0.6 is 0 Å². The van der Waals surface area contributed by atoms with E-state index in [4.69, 9.17) is 0 Å². The Morgan fingerprint density at radius 2 is 2.09 bits per heavy atom. The van der Waals surface area contributed by atoms with Gasteiger partial charge in [0.25, 0.3) is 0 Å². The van der Waals surface area contributed by atoms with Crippen LogP contribution in [0.5, 0.6) is 0 Å². The molecule has 3 aromatic rings. The second kappa shape index (κ2) is 7.00. The summed E-state index contributed by atoms with van der Waals surface area (Å²) in [6.45, 7) is 3.14. The molecule has 0 amide bonds. The summed E-state index contributed by atoms with van der Waals surface area (Å²) in [6.07, 6.45) is 7.40. The molecule has 0 aliphatic rings. The molecule has 0 saturated carbocycles. The van der Waals surface area contributed by atoms with Crippen LogP contribution in [0.2, 0.25) is 0 Å². The Labute approximate surface area is 134 Å². The fraction of sp³-hybridized carbons (Fsp3) is 0.235. The van der Waals surface area contributed by atoms with Crippen molar-refractivity contribution in [2.75, 3.05) is 5.32 Å². The highest BCUT2D eigenvalue weighted by atomic mass is 19.1. The van der Waals surface area contributed by atoms with Gasteiger partial charge in [-0.05, 0) is 17.5 Å². The molecular weight excluding hydrogens is 293 g/mol. The van der Waals surface area contributed by atoms with Crippen molar-refractivity contribution in [2.24, 2.45) is 0 Å². The van der Waals surface area contributed by atoms with Gasteiger partial charge >= 0.3 is 0 Å². The molecule has 0 spiro atoms. The van der Waals surface area contributed by atoms with Crippen LogP contribution < -0.4 is 5.32 Å². The summed E-state index contributed by atoms with van der Waals surface area (Å²) < 4.78 is 16.1. The molecule has 0 atom stereocenters. The van der Waals surface area contributed by atoms with Crippen molar-refractivity contribution in [3.8, 4) is 0 Å². The standard InChI is InChI=1S/C17H18FN5/c1-2-15-16(18)17(22-11-21-15)20-9-13-4-3-5-14(8-13)10-23-7-6-19-12-23/h3-8,11-12H,2,9-10H2,1H3,(H,20,21,22). The van der Waals surface area contributed by atoms with Crippen molar-refractivity contribution in [3.63, 3.8) is 0 Å². The summed E-state index contributed by atoms with van der Waals surface area (Å²) in [5.41, 5.74) is 2.66. The topological polar surface area (TPSA) is 55.6 Å². The molecule has 0 fully saturated rings. The molecular formula is C17H18FN5. The Bertz CT molecular complexity index is 770. The van der Waals surface area contributed by atoms with E-state index in [1.165, 1.54) is 11.9 Å². The molecule has 23 heavy (non-hydrogen) atoms. The predicted octanol–water partition coefficient (Wildman–Crippen LogP) is 3.04. The lowest BCUT2D eigenvalue weighted by atomic mass is 10.1. The molecule has 0 radical (unpaired) electrons.